The molecule has 0 saturated heterocycles. The Balaban J connectivity index is 2.68. The summed E-state index contributed by atoms with van der Waals surface area (Å²) in [7, 11) is 1.75. The van der Waals surface area contributed by atoms with Gasteiger partial charge in [0.05, 0.1) is 28.0 Å². The van der Waals surface area contributed by atoms with E-state index < -0.39 is 8.07 Å². The number of methoxy groups -OCH3 is 2. The molecule has 0 aromatic carbocycles. The largest absolute Gasteiger partial charge is 0.493 e. The van der Waals surface area contributed by atoms with Crippen LogP contribution in [-0.2, 0) is 0 Å². The Labute approximate surface area is 120 Å². The van der Waals surface area contributed by atoms with Crippen molar-refractivity contribution >= 4 is 13.3 Å². The lowest BCUT2D eigenvalue weighted by molar-refractivity contribution is 0.357. The van der Waals surface area contributed by atoms with Crippen LogP contribution in [0.2, 0.25) is 19.6 Å². The zero-order chi connectivity index (χ0) is 14.8. The van der Waals surface area contributed by atoms with Crippen LogP contribution < -0.4 is 14.7 Å². The molecule has 20 heavy (non-hydrogen) atoms. The van der Waals surface area contributed by atoms with E-state index in [1.54, 1.807) is 20.4 Å². The van der Waals surface area contributed by atoms with Crippen LogP contribution in [0.4, 0.5) is 0 Å². The highest BCUT2D eigenvalue weighted by molar-refractivity contribution is 6.89. The lowest BCUT2D eigenvalue weighted by Gasteiger charge is -2.22. The monoisotopic (exact) mass is 288 g/mol. The smallest absolute Gasteiger partial charge is 0.188 e. The predicted octanol–water partition coefficient (Wildman–Crippen LogP) is 2.71. The molecule has 2 aromatic heterocycles. The average molecular weight is 288 g/mol. The Hall–Kier alpha value is -1.88. The lowest BCUT2D eigenvalue weighted by Crippen LogP contribution is -2.39. The predicted molar refractivity (Wildman–Crippen MR) is 83.6 cm³/mol. The molecule has 0 amide bonds. The van der Waals surface area contributed by atoms with Gasteiger partial charge in [0.15, 0.2) is 11.5 Å². The first-order valence-electron chi connectivity index (χ1n) is 6.52. The summed E-state index contributed by atoms with van der Waals surface area (Å²) < 4.78 is 11.2. The molecule has 4 nitrogen and oxygen atoms in total. The number of rotatable bonds is 4. The van der Waals surface area contributed by atoms with Crippen molar-refractivity contribution in [1.29, 1.82) is 0 Å². The van der Waals surface area contributed by atoms with Gasteiger partial charge >= 0.3 is 0 Å². The van der Waals surface area contributed by atoms with Crippen LogP contribution >= 0.6 is 0 Å². The Morgan fingerprint density at radius 3 is 2.15 bits per heavy atom. The van der Waals surface area contributed by atoms with Gasteiger partial charge in [-0.3, -0.25) is 9.97 Å². The fraction of sp³-hybridized carbons (Fsp3) is 0.333. The van der Waals surface area contributed by atoms with Gasteiger partial charge in [0, 0.05) is 17.6 Å². The van der Waals surface area contributed by atoms with Crippen molar-refractivity contribution in [2.45, 2.75) is 19.6 Å². The van der Waals surface area contributed by atoms with E-state index in [2.05, 4.69) is 29.6 Å². The summed E-state index contributed by atoms with van der Waals surface area (Å²) >= 11 is 0. The molecule has 5 heteroatoms. The molecule has 0 aliphatic rings. The highest BCUT2D eigenvalue weighted by atomic mass is 28.3. The SMILES string of the molecule is COc1c([Si](C)(C)C)cnc(-c2ccccn2)c1OC. The van der Waals surface area contributed by atoms with Gasteiger partial charge in [-0.1, -0.05) is 25.7 Å². The molecule has 0 fully saturated rings. The molecular formula is C15H20N2O2Si. The summed E-state index contributed by atoms with van der Waals surface area (Å²) in [5.41, 5.74) is 1.50. The first kappa shape index (κ1) is 14.5. The maximum atomic E-state index is 5.60. The first-order chi connectivity index (χ1) is 9.49. The Morgan fingerprint density at radius 1 is 0.950 bits per heavy atom. The van der Waals surface area contributed by atoms with E-state index in [4.69, 9.17) is 9.47 Å². The number of hydrogen-bond acceptors (Lipinski definition) is 4. The van der Waals surface area contributed by atoms with Crippen molar-refractivity contribution < 1.29 is 9.47 Å². The lowest BCUT2D eigenvalue weighted by atomic mass is 10.2. The molecule has 2 rings (SSSR count). The Bertz CT molecular complexity index is 595. The van der Waals surface area contributed by atoms with E-state index in [0.717, 1.165) is 16.6 Å². The van der Waals surface area contributed by atoms with Crippen molar-refractivity contribution in [1.82, 2.24) is 9.97 Å². The van der Waals surface area contributed by atoms with E-state index in [9.17, 15) is 0 Å². The molecule has 0 spiro atoms. The second-order valence-corrected chi connectivity index (χ2v) is 10.6. The summed E-state index contributed by atoms with van der Waals surface area (Å²) in [6.45, 7) is 6.77. The molecular weight excluding hydrogens is 268 g/mol. The van der Waals surface area contributed by atoms with Crippen LogP contribution in [0.1, 0.15) is 0 Å². The van der Waals surface area contributed by atoms with Gasteiger partial charge in [-0.05, 0) is 12.1 Å². The molecule has 0 aliphatic heterocycles. The van der Waals surface area contributed by atoms with Gasteiger partial charge in [0.25, 0.3) is 0 Å². The topological polar surface area (TPSA) is 44.2 Å². The van der Waals surface area contributed by atoms with Crippen LogP contribution in [0.25, 0.3) is 11.4 Å². The van der Waals surface area contributed by atoms with Crippen molar-refractivity contribution in [3.63, 3.8) is 0 Å². The molecule has 0 bridgehead atoms. The summed E-state index contributed by atoms with van der Waals surface area (Å²) in [5, 5.41) is 1.15. The molecule has 2 heterocycles. The van der Waals surface area contributed by atoms with Gasteiger partial charge in [-0.15, -0.1) is 0 Å². The highest BCUT2D eigenvalue weighted by Crippen LogP contribution is 2.35. The summed E-state index contributed by atoms with van der Waals surface area (Å²) in [5.74, 6) is 1.44. The van der Waals surface area contributed by atoms with Crippen molar-refractivity contribution in [2.75, 3.05) is 14.2 Å². The standard InChI is InChI=1S/C15H20N2O2Si/c1-18-14-12(20(3,4)5)10-17-13(15(14)19-2)11-8-6-7-9-16-11/h6-10H,1-5H3. The number of nitrogens with zero attached hydrogens (tertiary/aromatic N) is 2. The van der Waals surface area contributed by atoms with Crippen molar-refractivity contribution in [2.24, 2.45) is 0 Å². The maximum absolute atomic E-state index is 5.60. The second kappa shape index (κ2) is 5.62. The number of hydrogen-bond donors (Lipinski definition) is 0. The third-order valence-electron chi connectivity index (χ3n) is 3.11. The van der Waals surface area contributed by atoms with Crippen molar-refractivity contribution in [3.05, 3.63) is 30.6 Å². The highest BCUT2D eigenvalue weighted by Gasteiger charge is 2.27. The summed E-state index contributed by atoms with van der Waals surface area (Å²) in [6, 6.07) is 5.73. The molecule has 0 saturated carbocycles. The molecule has 0 N–H and O–H groups in total. The number of ether oxygens (including phenoxy) is 2. The van der Waals surface area contributed by atoms with Crippen LogP contribution in [0.5, 0.6) is 11.5 Å². The van der Waals surface area contributed by atoms with E-state index in [1.807, 2.05) is 24.4 Å². The van der Waals surface area contributed by atoms with E-state index in [1.165, 1.54) is 0 Å². The van der Waals surface area contributed by atoms with Crippen LogP contribution in [0, 0.1) is 0 Å². The third kappa shape index (κ3) is 2.67. The maximum Gasteiger partial charge on any atom is 0.188 e. The number of pyridine rings is 2. The zero-order valence-electron chi connectivity index (χ0n) is 12.6. The molecule has 0 atom stereocenters. The molecule has 0 radical (unpaired) electrons. The van der Waals surface area contributed by atoms with Crippen LogP contribution in [-0.4, -0.2) is 32.3 Å². The van der Waals surface area contributed by atoms with E-state index in [-0.39, 0.29) is 0 Å². The number of aromatic nitrogens is 2. The molecule has 106 valence electrons. The van der Waals surface area contributed by atoms with Gasteiger partial charge in [0.2, 0.25) is 0 Å². The Morgan fingerprint density at radius 2 is 1.65 bits per heavy atom. The second-order valence-electron chi connectivity index (χ2n) is 5.55. The van der Waals surface area contributed by atoms with Crippen molar-refractivity contribution in [3.8, 4) is 22.9 Å². The van der Waals surface area contributed by atoms with Gasteiger partial charge in [-0.2, -0.15) is 0 Å². The molecule has 0 aliphatic carbocycles. The fourth-order valence-corrected chi connectivity index (χ4v) is 3.44. The molecule has 2 aromatic rings. The summed E-state index contributed by atoms with van der Waals surface area (Å²) in [4.78, 5) is 8.90. The van der Waals surface area contributed by atoms with E-state index >= 15 is 0 Å². The van der Waals surface area contributed by atoms with Crippen LogP contribution in [0.15, 0.2) is 30.6 Å². The normalized spacial score (nSPS) is 11.2. The minimum atomic E-state index is -1.56. The minimum absolute atomic E-state index is 0.658. The zero-order valence-corrected chi connectivity index (χ0v) is 13.6. The average Bonchev–Trinajstić information content (AvgIpc) is 2.45. The minimum Gasteiger partial charge on any atom is -0.493 e. The third-order valence-corrected chi connectivity index (χ3v) is 5.08. The van der Waals surface area contributed by atoms with E-state index in [0.29, 0.717) is 11.4 Å². The first-order valence-corrected chi connectivity index (χ1v) is 10.0. The fourth-order valence-electron chi connectivity index (χ4n) is 2.09. The summed E-state index contributed by atoms with van der Waals surface area (Å²) in [6.07, 6.45) is 3.65. The quantitative estimate of drug-likeness (QED) is 0.811. The Kier molecular flexibility index (Phi) is 4.08. The molecule has 0 unspecified atom stereocenters. The van der Waals surface area contributed by atoms with Gasteiger partial charge < -0.3 is 9.47 Å². The van der Waals surface area contributed by atoms with Gasteiger partial charge in [0.1, 0.15) is 5.69 Å². The van der Waals surface area contributed by atoms with Gasteiger partial charge in [-0.25, -0.2) is 0 Å². The van der Waals surface area contributed by atoms with Crippen LogP contribution in [0.3, 0.4) is 0 Å².